The van der Waals surface area contributed by atoms with Gasteiger partial charge in [-0.2, -0.15) is 4.31 Å². The molecule has 18 heavy (non-hydrogen) atoms. The minimum absolute atomic E-state index is 0.363. The average Bonchev–Trinajstić information content (AvgIpc) is 2.39. The Morgan fingerprint density at radius 1 is 1.44 bits per heavy atom. The van der Waals surface area contributed by atoms with Crippen molar-refractivity contribution in [2.45, 2.75) is 25.1 Å². The van der Waals surface area contributed by atoms with Crippen LogP contribution in [0.1, 0.15) is 6.92 Å². The maximum absolute atomic E-state index is 11.3. The Bertz CT molecular complexity index is 388. The summed E-state index contributed by atoms with van der Waals surface area (Å²) in [6.07, 6.45) is -1.86. The summed E-state index contributed by atoms with van der Waals surface area (Å²) in [6.45, 7) is 1.18. The van der Waals surface area contributed by atoms with E-state index in [9.17, 15) is 14.2 Å². The van der Waals surface area contributed by atoms with Gasteiger partial charge < -0.3 is 19.6 Å². The van der Waals surface area contributed by atoms with Crippen LogP contribution in [0.15, 0.2) is 0 Å². The van der Waals surface area contributed by atoms with Crippen molar-refractivity contribution in [3.05, 3.63) is 0 Å². The third kappa shape index (κ3) is 4.73. The van der Waals surface area contributed by atoms with Crippen LogP contribution >= 0.6 is 15.6 Å². The largest absolute Gasteiger partial charge is 0.477 e. The van der Waals surface area contributed by atoms with E-state index in [1.54, 1.807) is 6.92 Å². The smallest absolute Gasteiger partial charge is 0.390 e. The van der Waals surface area contributed by atoms with E-state index in [-0.39, 0.29) is 5.92 Å². The zero-order valence-corrected chi connectivity index (χ0v) is 11.2. The summed E-state index contributed by atoms with van der Waals surface area (Å²) in [5.74, 6) is -0.363. The summed E-state index contributed by atoms with van der Waals surface area (Å²) in [6, 6.07) is -0.714. The molecule has 12 heteroatoms. The summed E-state index contributed by atoms with van der Waals surface area (Å²) >= 11 is 0. The number of ether oxygens (including phenoxy) is 1. The van der Waals surface area contributed by atoms with E-state index in [1.165, 1.54) is 0 Å². The maximum atomic E-state index is 11.3. The van der Waals surface area contributed by atoms with Crippen LogP contribution in [0.3, 0.4) is 0 Å². The third-order valence-corrected chi connectivity index (χ3v) is 4.68. The van der Waals surface area contributed by atoms with Crippen molar-refractivity contribution in [3.8, 4) is 0 Å². The first-order chi connectivity index (χ1) is 8.02. The van der Waals surface area contributed by atoms with Crippen molar-refractivity contribution in [1.82, 2.24) is 0 Å². The van der Waals surface area contributed by atoms with Gasteiger partial charge in [0, 0.05) is 11.9 Å². The first-order valence-electron chi connectivity index (χ1n) is 4.91. The number of phosphoric acid groups is 1. The van der Waals surface area contributed by atoms with E-state index in [2.05, 4.69) is 8.83 Å². The average molecular weight is 301 g/mol. The predicted molar refractivity (Wildman–Crippen MR) is 60.5 cm³/mol. The second-order valence-electron chi connectivity index (χ2n) is 3.90. The summed E-state index contributed by atoms with van der Waals surface area (Å²) in [7, 11) is -3.95. The molecule has 1 fully saturated rings. The molecule has 0 aliphatic carbocycles. The van der Waals surface area contributed by atoms with Crippen LogP contribution in [0.25, 0.3) is 0 Å². The molecule has 0 spiro atoms. The fourth-order valence-electron chi connectivity index (χ4n) is 1.43. The highest BCUT2D eigenvalue weighted by molar-refractivity contribution is 7.62. The van der Waals surface area contributed by atoms with Gasteiger partial charge >= 0.3 is 15.6 Å². The molecular weight excluding hydrogens is 287 g/mol. The van der Waals surface area contributed by atoms with Crippen LogP contribution in [0.2, 0.25) is 0 Å². The second-order valence-corrected chi connectivity index (χ2v) is 6.87. The van der Waals surface area contributed by atoms with Crippen LogP contribution in [0.4, 0.5) is 0 Å². The van der Waals surface area contributed by atoms with Gasteiger partial charge in [-0.3, -0.25) is 4.52 Å². The predicted octanol–water partition coefficient (Wildman–Crippen LogP) is -0.931. The zero-order valence-electron chi connectivity index (χ0n) is 9.45. The minimum Gasteiger partial charge on any atom is -0.390 e. The summed E-state index contributed by atoms with van der Waals surface area (Å²) in [5, 5.41) is 9.65. The van der Waals surface area contributed by atoms with Crippen LogP contribution in [0.5, 0.6) is 0 Å². The molecule has 1 aliphatic rings. The topological polar surface area (TPSA) is 149 Å². The van der Waals surface area contributed by atoms with Gasteiger partial charge in [-0.15, -0.1) is 0 Å². The molecule has 1 unspecified atom stereocenters. The first kappa shape index (κ1) is 16.3. The van der Waals surface area contributed by atoms with E-state index in [1.807, 2.05) is 0 Å². The Labute approximate surface area is 105 Å². The molecule has 9 nitrogen and oxygen atoms in total. The minimum atomic E-state index is -5.03. The lowest BCUT2D eigenvalue weighted by atomic mass is 9.86. The monoisotopic (exact) mass is 301 g/mol. The highest BCUT2D eigenvalue weighted by Gasteiger charge is 2.40. The van der Waals surface area contributed by atoms with Crippen molar-refractivity contribution in [2.24, 2.45) is 11.4 Å². The van der Waals surface area contributed by atoms with Gasteiger partial charge in [0.25, 0.3) is 0 Å². The summed E-state index contributed by atoms with van der Waals surface area (Å²) in [5.41, 5.74) is 4.95. The summed E-state index contributed by atoms with van der Waals surface area (Å²) in [4.78, 5) is 16.9. The van der Waals surface area contributed by atoms with E-state index < -0.39 is 40.4 Å². The molecule has 0 bridgehead atoms. The van der Waals surface area contributed by atoms with Crippen LogP contribution in [0, 0.1) is 5.92 Å². The fourth-order valence-corrected chi connectivity index (χ4v) is 3.16. The number of rotatable bonds is 5. The van der Waals surface area contributed by atoms with Crippen molar-refractivity contribution < 1.29 is 37.6 Å². The van der Waals surface area contributed by atoms with Crippen molar-refractivity contribution in [1.29, 1.82) is 0 Å². The molecule has 2 radical (unpaired) electrons. The highest BCUT2D eigenvalue weighted by atomic mass is 31.3. The van der Waals surface area contributed by atoms with Gasteiger partial charge in [-0.1, -0.05) is 6.92 Å². The molecular formula is C6H14BNO8P2. The Hall–Kier alpha value is 0.245. The van der Waals surface area contributed by atoms with Gasteiger partial charge in [-0.05, 0) is 0 Å². The Morgan fingerprint density at radius 3 is 2.39 bits per heavy atom. The van der Waals surface area contributed by atoms with E-state index in [0.717, 1.165) is 0 Å². The number of nitrogens with two attached hydrogens (primary N) is 1. The maximum Gasteiger partial charge on any atom is 0.477 e. The van der Waals surface area contributed by atoms with Crippen molar-refractivity contribution >= 4 is 23.4 Å². The molecule has 1 saturated heterocycles. The van der Waals surface area contributed by atoms with E-state index in [4.69, 9.17) is 27.9 Å². The van der Waals surface area contributed by atoms with Crippen molar-refractivity contribution in [2.75, 3.05) is 6.61 Å². The normalized spacial score (nSPS) is 36.5. The second kappa shape index (κ2) is 5.70. The molecule has 0 saturated carbocycles. The lowest BCUT2D eigenvalue weighted by Gasteiger charge is -2.18. The first-order valence-corrected chi connectivity index (χ1v) is 8.05. The Morgan fingerprint density at radius 2 is 2.00 bits per heavy atom. The molecule has 0 aromatic rings. The molecule has 1 heterocycles. The number of hydrogen-bond donors (Lipinski definition) is 4. The molecule has 5 N–H and O–H groups in total. The van der Waals surface area contributed by atoms with Gasteiger partial charge in [-0.25, -0.2) is 14.6 Å². The van der Waals surface area contributed by atoms with Gasteiger partial charge in [0.05, 0.1) is 12.7 Å². The van der Waals surface area contributed by atoms with Crippen LogP contribution in [-0.2, 0) is 22.7 Å². The van der Waals surface area contributed by atoms with E-state index >= 15 is 0 Å². The Balaban J connectivity index is 2.51. The van der Waals surface area contributed by atoms with Gasteiger partial charge in [0.2, 0.25) is 0 Å². The SMILES string of the molecule is [B][C@@H]1O[C@H](COP(N)(=O)OP(=O)(O)O)[C@@H](O)[C@H]1C. The van der Waals surface area contributed by atoms with Crippen LogP contribution in [-0.4, -0.2) is 47.6 Å². The standard InChI is InChI=1S/C6H14BNO8P2/c1-3-5(9)4(15-6(3)7)2-14-17(8,10)16-18(11,12)13/h3-6,9H,2H2,1H3,(H2,8,10)(H2,11,12,13)/t3-,4-,5+,6-,17?/m1/s1. The molecule has 0 amide bonds. The molecule has 5 atom stereocenters. The lowest BCUT2D eigenvalue weighted by Crippen LogP contribution is -2.29. The zero-order chi connectivity index (χ0) is 14.1. The third-order valence-electron chi connectivity index (χ3n) is 2.41. The molecule has 1 aliphatic heterocycles. The molecule has 104 valence electrons. The van der Waals surface area contributed by atoms with Gasteiger partial charge in [0.15, 0.2) is 0 Å². The number of hydrogen-bond acceptors (Lipinski definition) is 6. The Kier molecular flexibility index (Phi) is 5.17. The number of aliphatic hydroxyl groups excluding tert-OH is 1. The van der Waals surface area contributed by atoms with Gasteiger partial charge in [0.1, 0.15) is 14.0 Å². The highest BCUT2D eigenvalue weighted by Crippen LogP contribution is 2.55. The summed E-state index contributed by atoms with van der Waals surface area (Å²) < 4.78 is 35.2. The molecule has 1 rings (SSSR count). The molecule has 0 aromatic carbocycles. The molecule has 0 aromatic heterocycles. The number of aliphatic hydroxyl groups is 1. The van der Waals surface area contributed by atoms with Crippen LogP contribution < -0.4 is 5.50 Å². The fraction of sp³-hybridized carbons (Fsp3) is 1.00. The quantitative estimate of drug-likeness (QED) is 0.373. The van der Waals surface area contributed by atoms with E-state index in [0.29, 0.717) is 0 Å². The van der Waals surface area contributed by atoms with Crippen molar-refractivity contribution in [3.63, 3.8) is 0 Å². The lowest BCUT2D eigenvalue weighted by molar-refractivity contribution is -0.000567.